The van der Waals surface area contributed by atoms with Crippen molar-refractivity contribution in [3.63, 3.8) is 0 Å². The summed E-state index contributed by atoms with van der Waals surface area (Å²) < 4.78 is 6.95. The highest BCUT2D eigenvalue weighted by molar-refractivity contribution is 8.00. The molecule has 184 valence electrons. The van der Waals surface area contributed by atoms with Gasteiger partial charge in [-0.2, -0.15) is 0 Å². The second-order valence-corrected chi connectivity index (χ2v) is 12.1. The molecule has 0 amide bonds. The summed E-state index contributed by atoms with van der Waals surface area (Å²) in [6, 6.07) is 8.08. The van der Waals surface area contributed by atoms with E-state index < -0.39 is 0 Å². The molecule has 5 nitrogen and oxygen atoms in total. The fourth-order valence-electron chi connectivity index (χ4n) is 3.29. The molecule has 0 radical (unpaired) electrons. The lowest BCUT2D eigenvalue weighted by atomic mass is 9.94. The van der Waals surface area contributed by atoms with Gasteiger partial charge < -0.3 is 9.32 Å². The maximum Gasteiger partial charge on any atom is 0.204 e. The normalized spacial score (nSPS) is 11.7. The number of nitrogens with zero attached hydrogens (tertiary/aromatic N) is 3. The molecule has 3 aromatic rings. The van der Waals surface area contributed by atoms with Gasteiger partial charge in [0.1, 0.15) is 11.5 Å². The number of hydrogen-bond acceptors (Lipinski definition) is 7. The van der Waals surface area contributed by atoms with Gasteiger partial charge in [0.2, 0.25) is 5.89 Å². The molecule has 9 heteroatoms. The van der Waals surface area contributed by atoms with E-state index in [4.69, 9.17) is 27.6 Å². The highest BCUT2D eigenvalue weighted by Gasteiger charge is 2.19. The summed E-state index contributed by atoms with van der Waals surface area (Å²) in [7, 11) is 0. The maximum atomic E-state index is 12.5. The monoisotopic (exact) mass is 539 g/mol. The first-order valence-corrected chi connectivity index (χ1v) is 14.2. The molecule has 0 saturated carbocycles. The first kappa shape index (κ1) is 27.1. The summed E-state index contributed by atoms with van der Waals surface area (Å²) in [6.45, 7) is 7.81. The molecule has 1 aromatic carbocycles. The van der Waals surface area contributed by atoms with Crippen LogP contribution in [-0.4, -0.2) is 40.6 Å². The Kier molecular flexibility index (Phi) is 10.3. The van der Waals surface area contributed by atoms with Crippen molar-refractivity contribution in [1.82, 2.24) is 9.97 Å². The third kappa shape index (κ3) is 8.29. The van der Waals surface area contributed by atoms with Crippen LogP contribution in [0.5, 0.6) is 0 Å². The van der Waals surface area contributed by atoms with E-state index in [2.05, 4.69) is 35.6 Å². The van der Waals surface area contributed by atoms with Gasteiger partial charge in [0.25, 0.3) is 0 Å². The number of hydrogen-bond donors (Lipinski definition) is 0. The highest BCUT2D eigenvalue weighted by Crippen LogP contribution is 2.30. The van der Waals surface area contributed by atoms with Crippen molar-refractivity contribution in [3.05, 3.63) is 58.9 Å². The number of ketones is 1. The second kappa shape index (κ2) is 13.0. The van der Waals surface area contributed by atoms with Crippen molar-refractivity contribution < 1.29 is 9.21 Å². The van der Waals surface area contributed by atoms with Gasteiger partial charge in [-0.05, 0) is 17.7 Å². The number of benzene rings is 1. The van der Waals surface area contributed by atoms with Crippen LogP contribution < -0.4 is 4.90 Å². The Bertz CT molecular complexity index is 1040. The summed E-state index contributed by atoms with van der Waals surface area (Å²) in [4.78, 5) is 23.5. The summed E-state index contributed by atoms with van der Waals surface area (Å²) in [5, 5.41) is 0.978. The van der Waals surface area contributed by atoms with Crippen molar-refractivity contribution in [2.45, 2.75) is 55.4 Å². The van der Waals surface area contributed by atoms with Crippen molar-refractivity contribution in [2.75, 3.05) is 29.7 Å². The third-order valence-electron chi connectivity index (χ3n) is 5.19. The van der Waals surface area contributed by atoms with Gasteiger partial charge in [0.05, 0.1) is 27.4 Å². The molecule has 0 aliphatic rings. The number of anilines is 1. The van der Waals surface area contributed by atoms with Crippen LogP contribution >= 0.6 is 46.3 Å². The van der Waals surface area contributed by atoms with Crippen LogP contribution in [0, 0.1) is 0 Å². The van der Waals surface area contributed by atoms with Crippen LogP contribution in [0.15, 0.2) is 45.3 Å². The number of carbonyl (C=O) groups excluding carboxylic acids is 1. The van der Waals surface area contributed by atoms with Crippen LogP contribution in [0.4, 0.5) is 5.69 Å². The number of aromatic nitrogens is 2. The number of thioether (sulfide) groups is 1. The highest BCUT2D eigenvalue weighted by atomic mass is 35.5. The molecule has 2 aromatic heterocycles. The number of aryl methyl sites for hydroxylation is 1. The molecule has 0 aliphatic carbocycles. The van der Waals surface area contributed by atoms with E-state index in [1.165, 1.54) is 0 Å². The number of carbonyl (C=O) groups is 1. The van der Waals surface area contributed by atoms with Crippen molar-refractivity contribution in [1.29, 1.82) is 0 Å². The van der Waals surface area contributed by atoms with Gasteiger partial charge in [-0.25, -0.2) is 9.97 Å². The first-order valence-electron chi connectivity index (χ1n) is 11.3. The van der Waals surface area contributed by atoms with Gasteiger partial charge in [-0.1, -0.05) is 32.9 Å². The van der Waals surface area contributed by atoms with E-state index in [1.54, 1.807) is 23.1 Å². The summed E-state index contributed by atoms with van der Waals surface area (Å²) in [5.74, 6) is 3.59. The minimum absolute atomic E-state index is 0.0447. The first-order chi connectivity index (χ1) is 16.3. The maximum absolute atomic E-state index is 12.5. The molecule has 0 spiro atoms. The summed E-state index contributed by atoms with van der Waals surface area (Å²) in [6.07, 6.45) is 5.25. The quantitative estimate of drug-likeness (QED) is 0.177. The molecular weight excluding hydrogens is 509 g/mol. The zero-order valence-electron chi connectivity index (χ0n) is 19.9. The Morgan fingerprint density at radius 2 is 1.79 bits per heavy atom. The van der Waals surface area contributed by atoms with Crippen LogP contribution in [0.25, 0.3) is 0 Å². The molecule has 0 fully saturated rings. The molecule has 0 unspecified atom stereocenters. The number of rotatable bonds is 13. The topological polar surface area (TPSA) is 59.2 Å². The van der Waals surface area contributed by atoms with Crippen molar-refractivity contribution in [2.24, 2.45) is 0 Å². The zero-order chi connectivity index (χ0) is 24.6. The van der Waals surface area contributed by atoms with E-state index in [1.807, 2.05) is 36.7 Å². The molecule has 0 N–H and O–H groups in total. The fourth-order valence-corrected chi connectivity index (χ4v) is 5.58. The second-order valence-electron chi connectivity index (χ2n) is 8.98. The minimum Gasteiger partial charge on any atom is -0.444 e. The Balaban J connectivity index is 1.44. The standard InChI is InChI=1S/C25H31Cl2N3O2S2/c1-25(2,3)21-15-28-22(32-21)17-33-24-16-29-23(34-24)9-8-20(31)14-18-4-6-19(7-5-18)30(12-10-26)13-11-27/h4-7,15-16H,8-14,17H2,1-3H3. The summed E-state index contributed by atoms with van der Waals surface area (Å²) in [5.41, 5.74) is 2.04. The molecule has 0 saturated heterocycles. The van der Waals surface area contributed by atoms with E-state index >= 15 is 0 Å². The lowest BCUT2D eigenvalue weighted by Crippen LogP contribution is -2.27. The molecule has 0 bridgehead atoms. The average molecular weight is 541 g/mol. The average Bonchev–Trinajstić information content (AvgIpc) is 3.46. The summed E-state index contributed by atoms with van der Waals surface area (Å²) >= 11 is 15.1. The Morgan fingerprint density at radius 1 is 1.09 bits per heavy atom. The van der Waals surface area contributed by atoms with E-state index in [0.717, 1.165) is 45.2 Å². The van der Waals surface area contributed by atoms with Gasteiger partial charge in [0, 0.05) is 55.2 Å². The molecule has 2 heterocycles. The molecule has 0 aliphatic heterocycles. The Labute approximate surface area is 220 Å². The SMILES string of the molecule is CC(C)(C)c1cnc(CSc2cnc(CCC(=O)Cc3ccc(N(CCCl)CCCl)cc3)s2)o1. The van der Waals surface area contributed by atoms with E-state index in [0.29, 0.717) is 36.8 Å². The molecule has 0 atom stereocenters. The van der Waals surface area contributed by atoms with Gasteiger partial charge in [-0.3, -0.25) is 4.79 Å². The molecular formula is C25H31Cl2N3O2S2. The van der Waals surface area contributed by atoms with Gasteiger partial charge >= 0.3 is 0 Å². The van der Waals surface area contributed by atoms with Gasteiger partial charge in [0.15, 0.2) is 0 Å². The number of thiazole rings is 1. The number of halogens is 2. The van der Waals surface area contributed by atoms with Crippen LogP contribution in [-0.2, 0) is 28.8 Å². The van der Waals surface area contributed by atoms with Crippen LogP contribution in [0.3, 0.4) is 0 Å². The predicted octanol–water partition coefficient (Wildman–Crippen LogP) is 6.75. The minimum atomic E-state index is -0.0447. The van der Waals surface area contributed by atoms with E-state index in [-0.39, 0.29) is 11.2 Å². The number of oxazole rings is 1. The molecule has 3 rings (SSSR count). The lowest BCUT2D eigenvalue weighted by Gasteiger charge is -2.23. The van der Waals surface area contributed by atoms with Crippen LogP contribution in [0.1, 0.15) is 49.4 Å². The number of alkyl halides is 2. The molecule has 34 heavy (non-hydrogen) atoms. The largest absolute Gasteiger partial charge is 0.444 e. The van der Waals surface area contributed by atoms with Crippen molar-refractivity contribution >= 4 is 57.8 Å². The van der Waals surface area contributed by atoms with Gasteiger partial charge in [-0.15, -0.1) is 46.3 Å². The lowest BCUT2D eigenvalue weighted by molar-refractivity contribution is -0.118. The Morgan fingerprint density at radius 3 is 2.41 bits per heavy atom. The zero-order valence-corrected chi connectivity index (χ0v) is 23.0. The number of Topliss-reactive ketones (excluding diaryl/α,β-unsaturated/α-hetero) is 1. The van der Waals surface area contributed by atoms with E-state index in [9.17, 15) is 4.79 Å². The third-order valence-corrected chi connectivity index (χ3v) is 7.77. The van der Waals surface area contributed by atoms with Crippen molar-refractivity contribution in [3.8, 4) is 0 Å². The fraction of sp³-hybridized carbons (Fsp3) is 0.480. The Hall–Kier alpha value is -1.54. The smallest absolute Gasteiger partial charge is 0.204 e. The predicted molar refractivity (Wildman–Crippen MR) is 144 cm³/mol. The van der Waals surface area contributed by atoms with Crippen LogP contribution in [0.2, 0.25) is 0 Å².